The Balaban J connectivity index is 1.72. The highest BCUT2D eigenvalue weighted by atomic mass is 32.2. The largest absolute Gasteiger partial charge is 0.381 e. The fraction of sp³-hybridized carbons (Fsp3) is 0.533. The second-order valence-corrected chi connectivity index (χ2v) is 5.99. The molecule has 20 heavy (non-hydrogen) atoms. The summed E-state index contributed by atoms with van der Waals surface area (Å²) in [5, 5.41) is 5.74. The van der Waals surface area contributed by atoms with Crippen LogP contribution in [0, 0.1) is 5.92 Å². The summed E-state index contributed by atoms with van der Waals surface area (Å²) in [6.45, 7) is 2.24. The van der Waals surface area contributed by atoms with Gasteiger partial charge in [0.1, 0.15) is 0 Å². The van der Waals surface area contributed by atoms with Crippen molar-refractivity contribution in [2.45, 2.75) is 12.8 Å². The molecule has 1 aromatic rings. The fourth-order valence-electron chi connectivity index (χ4n) is 2.13. The summed E-state index contributed by atoms with van der Waals surface area (Å²) >= 11 is 1.84. The lowest BCUT2D eigenvalue weighted by Crippen LogP contribution is -2.33. The van der Waals surface area contributed by atoms with Crippen LogP contribution in [0.4, 0.5) is 10.5 Å². The van der Waals surface area contributed by atoms with Gasteiger partial charge in [-0.25, -0.2) is 4.79 Å². The number of amides is 2. The van der Waals surface area contributed by atoms with Crippen molar-refractivity contribution in [1.82, 2.24) is 5.32 Å². The lowest BCUT2D eigenvalue weighted by atomic mass is 10.1. The molecule has 0 aromatic heterocycles. The molecule has 2 rings (SSSR count). The molecule has 1 atom stereocenters. The Kier molecular flexibility index (Phi) is 6.21. The standard InChI is InChI=1S/C15H22N2O2S/c1-20-9-7-12-2-4-14(5-3-12)17-15(18)16-10-13-6-8-19-11-13/h2-5,13H,6-11H2,1H3,(H2,16,17,18)/t13-/m0/s1. The van der Waals surface area contributed by atoms with Crippen LogP contribution < -0.4 is 10.6 Å². The predicted molar refractivity (Wildman–Crippen MR) is 84.5 cm³/mol. The van der Waals surface area contributed by atoms with Gasteiger partial charge in [-0.05, 0) is 42.5 Å². The Morgan fingerprint density at radius 2 is 2.20 bits per heavy atom. The van der Waals surface area contributed by atoms with E-state index in [1.807, 2.05) is 23.9 Å². The van der Waals surface area contributed by atoms with E-state index in [9.17, 15) is 4.79 Å². The molecule has 0 spiro atoms. The second kappa shape index (κ2) is 8.17. The summed E-state index contributed by atoms with van der Waals surface area (Å²) in [5.41, 5.74) is 2.13. The first-order chi connectivity index (χ1) is 9.78. The Labute approximate surface area is 124 Å². The lowest BCUT2D eigenvalue weighted by Gasteiger charge is -2.11. The Hall–Kier alpha value is -1.20. The summed E-state index contributed by atoms with van der Waals surface area (Å²) < 4.78 is 5.28. The number of aryl methyl sites for hydroxylation is 1. The molecule has 0 saturated carbocycles. The molecule has 1 aliphatic heterocycles. The number of urea groups is 1. The zero-order valence-corrected chi connectivity index (χ0v) is 12.7. The van der Waals surface area contributed by atoms with E-state index >= 15 is 0 Å². The monoisotopic (exact) mass is 294 g/mol. The normalized spacial score (nSPS) is 17.9. The van der Waals surface area contributed by atoms with E-state index in [0.717, 1.165) is 37.5 Å². The van der Waals surface area contributed by atoms with Gasteiger partial charge in [-0.1, -0.05) is 12.1 Å². The SMILES string of the molecule is CSCCc1ccc(NC(=O)NC[C@@H]2CCOC2)cc1. The molecular formula is C15H22N2O2S. The van der Waals surface area contributed by atoms with E-state index in [2.05, 4.69) is 29.0 Å². The van der Waals surface area contributed by atoms with E-state index in [4.69, 9.17) is 4.74 Å². The van der Waals surface area contributed by atoms with E-state index in [1.165, 1.54) is 5.56 Å². The van der Waals surface area contributed by atoms with Crippen LogP contribution in [0.3, 0.4) is 0 Å². The van der Waals surface area contributed by atoms with Crippen molar-refractivity contribution in [3.8, 4) is 0 Å². The molecule has 110 valence electrons. The van der Waals surface area contributed by atoms with E-state index in [0.29, 0.717) is 12.5 Å². The topological polar surface area (TPSA) is 50.4 Å². The maximum atomic E-state index is 11.8. The van der Waals surface area contributed by atoms with Crippen molar-refractivity contribution >= 4 is 23.5 Å². The van der Waals surface area contributed by atoms with Crippen molar-refractivity contribution in [1.29, 1.82) is 0 Å². The van der Waals surface area contributed by atoms with Gasteiger partial charge in [0.2, 0.25) is 0 Å². The van der Waals surface area contributed by atoms with Gasteiger partial charge in [-0.15, -0.1) is 0 Å². The summed E-state index contributed by atoms with van der Waals surface area (Å²) in [4.78, 5) is 11.8. The minimum absolute atomic E-state index is 0.145. The van der Waals surface area contributed by atoms with Crippen LogP contribution in [0.25, 0.3) is 0 Å². The maximum absolute atomic E-state index is 11.8. The quantitative estimate of drug-likeness (QED) is 0.848. The number of thioether (sulfide) groups is 1. The number of nitrogens with one attached hydrogen (secondary N) is 2. The maximum Gasteiger partial charge on any atom is 0.319 e. The molecule has 1 saturated heterocycles. The average Bonchev–Trinajstić information content (AvgIpc) is 2.98. The number of anilines is 1. The smallest absolute Gasteiger partial charge is 0.319 e. The van der Waals surface area contributed by atoms with Crippen molar-refractivity contribution in [3.05, 3.63) is 29.8 Å². The Morgan fingerprint density at radius 1 is 1.40 bits per heavy atom. The zero-order chi connectivity index (χ0) is 14.2. The Bertz CT molecular complexity index is 416. The van der Waals surface area contributed by atoms with Crippen LogP contribution in [-0.2, 0) is 11.2 Å². The molecule has 4 nitrogen and oxygen atoms in total. The number of ether oxygens (including phenoxy) is 1. The molecule has 0 unspecified atom stereocenters. The number of hydrogen-bond acceptors (Lipinski definition) is 3. The minimum atomic E-state index is -0.145. The van der Waals surface area contributed by atoms with Gasteiger partial charge in [0.25, 0.3) is 0 Å². The Morgan fingerprint density at radius 3 is 2.85 bits per heavy atom. The van der Waals surface area contributed by atoms with Crippen LogP contribution >= 0.6 is 11.8 Å². The number of rotatable bonds is 6. The molecule has 1 heterocycles. The highest BCUT2D eigenvalue weighted by Gasteiger charge is 2.16. The van der Waals surface area contributed by atoms with Gasteiger partial charge in [0.05, 0.1) is 6.61 Å². The van der Waals surface area contributed by atoms with Gasteiger partial charge in [0.15, 0.2) is 0 Å². The van der Waals surface area contributed by atoms with E-state index in [-0.39, 0.29) is 6.03 Å². The molecule has 1 aliphatic rings. The molecule has 0 bridgehead atoms. The number of hydrogen-bond donors (Lipinski definition) is 2. The third-order valence-corrected chi connectivity index (χ3v) is 3.99. The summed E-state index contributed by atoms with van der Waals surface area (Å²) in [6, 6.07) is 7.89. The summed E-state index contributed by atoms with van der Waals surface area (Å²) in [5.74, 6) is 1.58. The third kappa shape index (κ3) is 5.06. The van der Waals surface area contributed by atoms with Crippen molar-refractivity contribution in [3.63, 3.8) is 0 Å². The molecule has 5 heteroatoms. The first kappa shape index (κ1) is 15.2. The van der Waals surface area contributed by atoms with Crippen molar-refractivity contribution < 1.29 is 9.53 Å². The number of benzene rings is 1. The van der Waals surface area contributed by atoms with Crippen molar-refractivity contribution in [2.75, 3.05) is 37.1 Å². The number of carbonyl (C=O) groups excluding carboxylic acids is 1. The lowest BCUT2D eigenvalue weighted by molar-refractivity contribution is 0.185. The first-order valence-electron chi connectivity index (χ1n) is 6.98. The second-order valence-electron chi connectivity index (χ2n) is 5.00. The molecular weight excluding hydrogens is 272 g/mol. The number of carbonyl (C=O) groups is 1. The minimum Gasteiger partial charge on any atom is -0.381 e. The highest BCUT2D eigenvalue weighted by Crippen LogP contribution is 2.12. The summed E-state index contributed by atoms with van der Waals surface area (Å²) in [7, 11) is 0. The van der Waals surface area contributed by atoms with Gasteiger partial charge in [-0.3, -0.25) is 0 Å². The summed E-state index contributed by atoms with van der Waals surface area (Å²) in [6.07, 6.45) is 4.20. The van der Waals surface area contributed by atoms with Crippen molar-refractivity contribution in [2.24, 2.45) is 5.92 Å². The molecule has 0 aliphatic carbocycles. The third-order valence-electron chi connectivity index (χ3n) is 3.38. The fourth-order valence-corrected chi connectivity index (χ4v) is 2.57. The average molecular weight is 294 g/mol. The van der Waals surface area contributed by atoms with Gasteiger partial charge >= 0.3 is 6.03 Å². The van der Waals surface area contributed by atoms with Gasteiger partial charge in [-0.2, -0.15) is 11.8 Å². The highest BCUT2D eigenvalue weighted by molar-refractivity contribution is 7.98. The van der Waals surface area contributed by atoms with Crippen LogP contribution in [0.5, 0.6) is 0 Å². The van der Waals surface area contributed by atoms with Crippen LogP contribution in [0.1, 0.15) is 12.0 Å². The predicted octanol–water partition coefficient (Wildman–Crippen LogP) is 2.75. The van der Waals surface area contributed by atoms with Gasteiger partial charge < -0.3 is 15.4 Å². The van der Waals surface area contributed by atoms with Crippen LogP contribution in [0.15, 0.2) is 24.3 Å². The van der Waals surface area contributed by atoms with Crippen LogP contribution in [-0.4, -0.2) is 37.8 Å². The molecule has 0 radical (unpaired) electrons. The molecule has 1 fully saturated rings. The molecule has 1 aromatic carbocycles. The molecule has 2 N–H and O–H groups in total. The first-order valence-corrected chi connectivity index (χ1v) is 8.38. The van der Waals surface area contributed by atoms with Crippen LogP contribution in [0.2, 0.25) is 0 Å². The zero-order valence-electron chi connectivity index (χ0n) is 11.9. The van der Waals surface area contributed by atoms with E-state index < -0.39 is 0 Å². The molecule has 2 amide bonds. The van der Waals surface area contributed by atoms with E-state index in [1.54, 1.807) is 0 Å². The van der Waals surface area contributed by atoms with Gasteiger partial charge in [0, 0.05) is 24.8 Å².